The van der Waals surface area contributed by atoms with Gasteiger partial charge in [-0.05, 0) is 70.6 Å². The number of aryl methyl sites for hydroxylation is 2. The molecule has 1 saturated carbocycles. The summed E-state index contributed by atoms with van der Waals surface area (Å²) in [6, 6.07) is 2.22. The molecule has 9 nitrogen and oxygen atoms in total. The van der Waals surface area contributed by atoms with Crippen molar-refractivity contribution >= 4 is 23.0 Å². The first-order valence-electron chi connectivity index (χ1n) is 13.0. The highest BCUT2D eigenvalue weighted by atomic mass is 16.6. The second-order valence-electron chi connectivity index (χ2n) is 10.9. The molecule has 0 aromatic carbocycles. The minimum absolute atomic E-state index is 0.0618. The standard InChI is InChI=1S/C27H40N4O5/c1-19-10-11-28-24-23(19)20(16-29(24)12-6-7-14-34-5)17-31(21-8-9-21)25(32)22-18-30(13-15-35-22)26(33)36-27(2,3)4/h10-11,16,21-22H,6-9,12-15,17-18H2,1-5H3/t22-/m1/s1. The summed E-state index contributed by atoms with van der Waals surface area (Å²) in [5, 5.41) is 1.11. The average Bonchev–Trinajstić information content (AvgIpc) is 3.61. The third-order valence-electron chi connectivity index (χ3n) is 6.65. The molecule has 0 N–H and O–H groups in total. The van der Waals surface area contributed by atoms with Crippen LogP contribution in [0.3, 0.4) is 0 Å². The van der Waals surface area contributed by atoms with Crippen LogP contribution < -0.4 is 0 Å². The Labute approximate surface area is 213 Å². The van der Waals surface area contributed by atoms with E-state index in [1.54, 1.807) is 12.0 Å². The first-order chi connectivity index (χ1) is 17.2. The fourth-order valence-electron chi connectivity index (χ4n) is 4.72. The van der Waals surface area contributed by atoms with Crippen LogP contribution in [-0.4, -0.2) is 82.5 Å². The van der Waals surface area contributed by atoms with Gasteiger partial charge >= 0.3 is 6.09 Å². The van der Waals surface area contributed by atoms with Gasteiger partial charge < -0.3 is 28.6 Å². The average molecular weight is 501 g/mol. The minimum Gasteiger partial charge on any atom is -0.444 e. The van der Waals surface area contributed by atoms with E-state index in [0.29, 0.717) is 19.7 Å². The molecule has 0 radical (unpaired) electrons. The van der Waals surface area contributed by atoms with Crippen molar-refractivity contribution in [2.24, 2.45) is 0 Å². The fraction of sp³-hybridized carbons (Fsp3) is 0.667. The Hall–Kier alpha value is -2.65. The van der Waals surface area contributed by atoms with Gasteiger partial charge in [-0.3, -0.25) is 4.79 Å². The number of morpholine rings is 1. The van der Waals surface area contributed by atoms with Gasteiger partial charge in [-0.1, -0.05) is 0 Å². The number of ether oxygens (including phenoxy) is 3. The zero-order valence-electron chi connectivity index (χ0n) is 22.3. The lowest BCUT2D eigenvalue weighted by molar-refractivity contribution is -0.150. The molecule has 1 aliphatic heterocycles. The van der Waals surface area contributed by atoms with Crippen LogP contribution in [0.1, 0.15) is 57.6 Å². The lowest BCUT2D eigenvalue weighted by Gasteiger charge is -2.35. The number of hydrogen-bond acceptors (Lipinski definition) is 6. The van der Waals surface area contributed by atoms with Crippen molar-refractivity contribution in [3.05, 3.63) is 29.6 Å². The quantitative estimate of drug-likeness (QED) is 0.486. The second-order valence-corrected chi connectivity index (χ2v) is 10.9. The van der Waals surface area contributed by atoms with Crippen molar-refractivity contribution in [3.8, 4) is 0 Å². The summed E-state index contributed by atoms with van der Waals surface area (Å²) in [6.07, 6.45) is 6.86. The number of fused-ring (bicyclic) bond motifs is 1. The van der Waals surface area contributed by atoms with Gasteiger partial charge in [-0.2, -0.15) is 0 Å². The summed E-state index contributed by atoms with van der Waals surface area (Å²) in [5.41, 5.74) is 2.62. The first kappa shape index (κ1) is 26.4. The molecular formula is C27H40N4O5. The fourth-order valence-corrected chi connectivity index (χ4v) is 4.72. The zero-order valence-corrected chi connectivity index (χ0v) is 22.3. The maximum atomic E-state index is 13.7. The Morgan fingerprint density at radius 2 is 2.03 bits per heavy atom. The van der Waals surface area contributed by atoms with Gasteiger partial charge in [0.25, 0.3) is 5.91 Å². The van der Waals surface area contributed by atoms with Crippen molar-refractivity contribution < 1.29 is 23.8 Å². The molecule has 3 heterocycles. The zero-order chi connectivity index (χ0) is 25.9. The van der Waals surface area contributed by atoms with E-state index in [0.717, 1.165) is 61.0 Å². The van der Waals surface area contributed by atoms with E-state index in [4.69, 9.17) is 14.2 Å². The van der Waals surface area contributed by atoms with Gasteiger partial charge in [0.2, 0.25) is 0 Å². The third-order valence-corrected chi connectivity index (χ3v) is 6.65. The molecule has 2 fully saturated rings. The van der Waals surface area contributed by atoms with E-state index in [1.807, 2.05) is 37.9 Å². The van der Waals surface area contributed by atoms with Crippen molar-refractivity contribution in [1.29, 1.82) is 0 Å². The van der Waals surface area contributed by atoms with E-state index in [9.17, 15) is 9.59 Å². The normalized spacial score (nSPS) is 18.5. The topological polar surface area (TPSA) is 86.1 Å². The molecule has 0 bridgehead atoms. The van der Waals surface area contributed by atoms with Crippen molar-refractivity contribution in [2.45, 2.75) is 84.2 Å². The number of rotatable bonds is 9. The van der Waals surface area contributed by atoms with E-state index < -0.39 is 17.8 Å². The number of aromatic nitrogens is 2. The molecule has 36 heavy (non-hydrogen) atoms. The summed E-state index contributed by atoms with van der Waals surface area (Å²) in [6.45, 7) is 10.7. The van der Waals surface area contributed by atoms with E-state index >= 15 is 0 Å². The molecule has 2 amide bonds. The molecule has 198 valence electrons. The lowest BCUT2D eigenvalue weighted by atomic mass is 10.1. The molecule has 1 atom stereocenters. The van der Waals surface area contributed by atoms with Gasteiger partial charge in [0.15, 0.2) is 6.10 Å². The smallest absolute Gasteiger partial charge is 0.410 e. The molecule has 2 aromatic rings. The van der Waals surface area contributed by atoms with Crippen LogP contribution in [0.25, 0.3) is 11.0 Å². The maximum absolute atomic E-state index is 13.7. The van der Waals surface area contributed by atoms with Gasteiger partial charge in [0, 0.05) is 57.2 Å². The van der Waals surface area contributed by atoms with Gasteiger partial charge in [0.05, 0.1) is 13.2 Å². The van der Waals surface area contributed by atoms with Gasteiger partial charge in [-0.15, -0.1) is 0 Å². The molecule has 1 aliphatic carbocycles. The SMILES string of the molecule is COCCCCn1cc(CN(C(=O)[C@H]2CN(C(=O)OC(C)(C)C)CCO2)C2CC2)c2c(C)ccnc21. The van der Waals surface area contributed by atoms with Crippen molar-refractivity contribution in [3.63, 3.8) is 0 Å². The predicted octanol–water partition coefficient (Wildman–Crippen LogP) is 3.90. The number of nitrogens with zero attached hydrogens (tertiary/aromatic N) is 4. The van der Waals surface area contributed by atoms with E-state index in [1.165, 1.54) is 0 Å². The van der Waals surface area contributed by atoms with Gasteiger partial charge in [0.1, 0.15) is 11.2 Å². The summed E-state index contributed by atoms with van der Waals surface area (Å²) >= 11 is 0. The van der Waals surface area contributed by atoms with Crippen LogP contribution in [-0.2, 0) is 32.1 Å². The molecule has 0 unspecified atom stereocenters. The summed E-state index contributed by atoms with van der Waals surface area (Å²) in [5.74, 6) is -0.0618. The molecule has 9 heteroatoms. The maximum Gasteiger partial charge on any atom is 0.410 e. The second kappa shape index (κ2) is 11.2. The Kier molecular flexibility index (Phi) is 8.20. The van der Waals surface area contributed by atoms with E-state index in [-0.39, 0.29) is 18.5 Å². The lowest BCUT2D eigenvalue weighted by Crippen LogP contribution is -2.53. The highest BCUT2D eigenvalue weighted by Crippen LogP contribution is 2.32. The minimum atomic E-state index is -0.687. The predicted molar refractivity (Wildman–Crippen MR) is 137 cm³/mol. The highest BCUT2D eigenvalue weighted by Gasteiger charge is 2.40. The largest absolute Gasteiger partial charge is 0.444 e. The molecule has 1 saturated heterocycles. The number of unbranched alkanes of at least 4 members (excludes halogenated alkanes) is 1. The first-order valence-corrected chi connectivity index (χ1v) is 13.0. The number of carbonyl (C=O) groups is 2. The Bertz CT molecular complexity index is 1070. The number of amides is 2. The Balaban J connectivity index is 1.51. The number of pyridine rings is 1. The highest BCUT2D eigenvalue weighted by molar-refractivity contribution is 5.86. The Morgan fingerprint density at radius 1 is 1.25 bits per heavy atom. The van der Waals surface area contributed by atoms with Crippen LogP contribution in [0.4, 0.5) is 4.79 Å². The van der Waals surface area contributed by atoms with Crippen LogP contribution in [0.2, 0.25) is 0 Å². The number of methoxy groups -OCH3 is 1. The molecular weight excluding hydrogens is 460 g/mol. The summed E-state index contributed by atoms with van der Waals surface area (Å²) in [4.78, 5) is 34.5. The van der Waals surface area contributed by atoms with E-state index in [2.05, 4.69) is 22.7 Å². The van der Waals surface area contributed by atoms with Crippen molar-refractivity contribution in [2.75, 3.05) is 33.4 Å². The third kappa shape index (κ3) is 6.37. The van der Waals surface area contributed by atoms with Crippen LogP contribution in [0.5, 0.6) is 0 Å². The number of carbonyl (C=O) groups excluding carboxylic acids is 2. The van der Waals surface area contributed by atoms with Crippen LogP contribution >= 0.6 is 0 Å². The van der Waals surface area contributed by atoms with Crippen LogP contribution in [0.15, 0.2) is 18.5 Å². The van der Waals surface area contributed by atoms with Crippen LogP contribution in [0, 0.1) is 6.92 Å². The molecule has 0 spiro atoms. The summed E-state index contributed by atoms with van der Waals surface area (Å²) in [7, 11) is 1.72. The Morgan fingerprint density at radius 3 is 2.72 bits per heavy atom. The summed E-state index contributed by atoms with van der Waals surface area (Å²) < 4.78 is 18.8. The molecule has 4 rings (SSSR count). The monoisotopic (exact) mass is 500 g/mol. The molecule has 2 aromatic heterocycles. The van der Waals surface area contributed by atoms with Gasteiger partial charge in [-0.25, -0.2) is 9.78 Å². The number of hydrogen-bond donors (Lipinski definition) is 0. The van der Waals surface area contributed by atoms with Crippen molar-refractivity contribution in [1.82, 2.24) is 19.4 Å². The molecule has 2 aliphatic rings.